The molecule has 8 nitrogen and oxygen atoms in total. The van der Waals surface area contributed by atoms with Crippen molar-refractivity contribution in [3.63, 3.8) is 0 Å². The van der Waals surface area contributed by atoms with E-state index in [9.17, 15) is 4.79 Å². The first-order chi connectivity index (χ1) is 17.6. The number of ether oxygens (including phenoxy) is 5. The Morgan fingerprint density at radius 2 is 1.11 bits per heavy atom. The molecule has 3 rings (SSSR count). The van der Waals surface area contributed by atoms with Gasteiger partial charge in [0.1, 0.15) is 6.61 Å². The summed E-state index contributed by atoms with van der Waals surface area (Å²) in [6, 6.07) is 16.6. The number of hydrogen-bond acceptors (Lipinski definition) is 7. The quantitative estimate of drug-likeness (QED) is 0.308. The van der Waals surface area contributed by atoms with Crippen LogP contribution < -0.4 is 0 Å². The van der Waals surface area contributed by atoms with Gasteiger partial charge >= 0.3 is 6.09 Å². The smallest absolute Gasteiger partial charge is 0.409 e. The molecule has 0 fully saturated rings. The highest BCUT2D eigenvalue weighted by molar-refractivity contribution is 5.79. The molecule has 0 unspecified atom stereocenters. The molecule has 0 aliphatic heterocycles. The Morgan fingerprint density at radius 1 is 0.667 bits per heavy atom. The van der Waals surface area contributed by atoms with Crippen LogP contribution in [-0.4, -0.2) is 110 Å². The summed E-state index contributed by atoms with van der Waals surface area (Å²) in [6.07, 6.45) is -0.348. The lowest BCUT2D eigenvalue weighted by Crippen LogP contribution is -2.32. The molecule has 0 saturated heterocycles. The monoisotopic (exact) mass is 500 g/mol. The minimum atomic E-state index is -0.348. The van der Waals surface area contributed by atoms with Crippen molar-refractivity contribution < 1.29 is 28.5 Å². The zero-order chi connectivity index (χ0) is 25.6. The van der Waals surface area contributed by atoms with Crippen molar-refractivity contribution in [2.24, 2.45) is 0 Å². The maximum Gasteiger partial charge on any atom is 0.409 e. The minimum Gasteiger partial charge on any atom is -0.448 e. The van der Waals surface area contributed by atoms with Gasteiger partial charge in [0.15, 0.2) is 0 Å². The molecule has 0 N–H and O–H groups in total. The summed E-state index contributed by atoms with van der Waals surface area (Å²) in [4.78, 5) is 16.1. The number of carbonyl (C=O) groups excluding carboxylic acids is 1. The number of amides is 1. The molecule has 0 aromatic heterocycles. The number of likely N-dealkylation sites (N-methyl/N-ethyl adjacent to an activating group) is 2. The van der Waals surface area contributed by atoms with Gasteiger partial charge in [-0.1, -0.05) is 48.5 Å². The van der Waals surface area contributed by atoms with E-state index < -0.39 is 0 Å². The van der Waals surface area contributed by atoms with E-state index >= 15 is 0 Å². The van der Waals surface area contributed by atoms with Crippen LogP contribution in [0, 0.1) is 0 Å². The molecule has 1 aliphatic carbocycles. The molecular weight excluding hydrogens is 460 g/mol. The largest absolute Gasteiger partial charge is 0.448 e. The van der Waals surface area contributed by atoms with Gasteiger partial charge in [-0.3, -0.25) is 0 Å². The predicted octanol–water partition coefficient (Wildman–Crippen LogP) is 3.50. The molecule has 0 saturated carbocycles. The second kappa shape index (κ2) is 15.6. The molecule has 2 aromatic carbocycles. The highest BCUT2D eigenvalue weighted by Crippen LogP contribution is 2.44. The zero-order valence-corrected chi connectivity index (χ0v) is 21.8. The van der Waals surface area contributed by atoms with Gasteiger partial charge in [-0.15, -0.1) is 0 Å². The lowest BCUT2D eigenvalue weighted by molar-refractivity contribution is -0.00447. The van der Waals surface area contributed by atoms with Crippen LogP contribution in [0.5, 0.6) is 0 Å². The molecule has 1 amide bonds. The SMILES string of the molecule is CN(C)CCOCCOCCOCCOCCN(C)C(=O)OCC1c2ccccc2-c2ccccc21. The standard InChI is InChI=1S/C28H40N2O6/c1-29(2)12-14-32-16-18-34-20-21-35-19-17-33-15-13-30(3)28(31)36-22-27-25-10-6-4-8-23(25)24-9-5-7-11-26(24)27/h4-11,27H,12-22H2,1-3H3. The fourth-order valence-corrected chi connectivity index (χ4v) is 4.01. The van der Waals surface area contributed by atoms with Crippen LogP contribution >= 0.6 is 0 Å². The zero-order valence-electron chi connectivity index (χ0n) is 21.8. The summed E-state index contributed by atoms with van der Waals surface area (Å²) in [5, 5.41) is 0. The maximum atomic E-state index is 12.5. The van der Waals surface area contributed by atoms with Gasteiger partial charge in [0.2, 0.25) is 0 Å². The lowest BCUT2D eigenvalue weighted by Gasteiger charge is -2.19. The van der Waals surface area contributed by atoms with Crippen molar-refractivity contribution in [2.45, 2.75) is 5.92 Å². The summed E-state index contributed by atoms with van der Waals surface area (Å²) in [5.74, 6) is 0.0581. The van der Waals surface area contributed by atoms with Crippen molar-refractivity contribution in [1.29, 1.82) is 0 Å². The van der Waals surface area contributed by atoms with Crippen LogP contribution in [0.15, 0.2) is 48.5 Å². The Balaban J connectivity index is 1.21. The first-order valence-electron chi connectivity index (χ1n) is 12.6. The van der Waals surface area contributed by atoms with E-state index in [0.717, 1.165) is 6.54 Å². The summed E-state index contributed by atoms with van der Waals surface area (Å²) in [6.45, 7) is 5.95. The minimum absolute atomic E-state index is 0.0581. The van der Waals surface area contributed by atoms with Crippen molar-refractivity contribution in [3.05, 3.63) is 59.7 Å². The van der Waals surface area contributed by atoms with Gasteiger partial charge in [-0.25, -0.2) is 4.79 Å². The molecule has 2 aromatic rings. The van der Waals surface area contributed by atoms with Crippen molar-refractivity contribution in [3.8, 4) is 11.1 Å². The fraction of sp³-hybridized carbons (Fsp3) is 0.536. The average Bonchev–Trinajstić information content (AvgIpc) is 3.20. The third-order valence-corrected chi connectivity index (χ3v) is 6.02. The Morgan fingerprint density at radius 3 is 1.61 bits per heavy atom. The van der Waals surface area contributed by atoms with Gasteiger partial charge in [0.25, 0.3) is 0 Å². The second-order valence-corrected chi connectivity index (χ2v) is 8.98. The van der Waals surface area contributed by atoms with Crippen LogP contribution in [0.2, 0.25) is 0 Å². The van der Waals surface area contributed by atoms with Gasteiger partial charge in [-0.05, 0) is 36.3 Å². The number of carbonyl (C=O) groups is 1. The van der Waals surface area contributed by atoms with E-state index in [1.807, 2.05) is 38.4 Å². The van der Waals surface area contributed by atoms with Gasteiger partial charge in [0, 0.05) is 26.1 Å². The number of benzene rings is 2. The van der Waals surface area contributed by atoms with E-state index in [2.05, 4.69) is 29.2 Å². The molecule has 1 aliphatic rings. The van der Waals surface area contributed by atoms with E-state index in [0.29, 0.717) is 66.0 Å². The molecular formula is C28H40N2O6. The summed E-state index contributed by atoms with van der Waals surface area (Å²) in [5.41, 5.74) is 4.84. The molecule has 0 atom stereocenters. The van der Waals surface area contributed by atoms with Crippen LogP contribution in [0.3, 0.4) is 0 Å². The fourth-order valence-electron chi connectivity index (χ4n) is 4.01. The first-order valence-corrected chi connectivity index (χ1v) is 12.6. The Labute approximate surface area is 215 Å². The van der Waals surface area contributed by atoms with Crippen LogP contribution in [0.4, 0.5) is 4.79 Å². The van der Waals surface area contributed by atoms with Crippen LogP contribution in [0.1, 0.15) is 17.0 Å². The van der Waals surface area contributed by atoms with Gasteiger partial charge in [0.05, 0.1) is 52.9 Å². The molecule has 0 spiro atoms. The average molecular weight is 501 g/mol. The van der Waals surface area contributed by atoms with Crippen molar-refractivity contribution in [2.75, 3.05) is 93.7 Å². The van der Waals surface area contributed by atoms with Crippen molar-refractivity contribution in [1.82, 2.24) is 9.80 Å². The third kappa shape index (κ3) is 8.87. The highest BCUT2D eigenvalue weighted by Gasteiger charge is 2.29. The van der Waals surface area contributed by atoms with E-state index in [4.69, 9.17) is 23.7 Å². The summed E-state index contributed by atoms with van der Waals surface area (Å²) >= 11 is 0. The second-order valence-electron chi connectivity index (χ2n) is 8.98. The Kier molecular flexibility index (Phi) is 12.2. The molecule has 8 heteroatoms. The van der Waals surface area contributed by atoms with Crippen molar-refractivity contribution >= 4 is 6.09 Å². The summed E-state index contributed by atoms with van der Waals surface area (Å²) < 4.78 is 27.7. The summed E-state index contributed by atoms with van der Waals surface area (Å²) in [7, 11) is 5.76. The lowest BCUT2D eigenvalue weighted by atomic mass is 9.98. The Hall–Kier alpha value is -2.49. The van der Waals surface area contributed by atoms with Crippen LogP contribution in [-0.2, 0) is 23.7 Å². The van der Waals surface area contributed by atoms with Gasteiger partial charge < -0.3 is 33.5 Å². The predicted molar refractivity (Wildman–Crippen MR) is 140 cm³/mol. The number of hydrogen-bond donors (Lipinski definition) is 0. The molecule has 0 heterocycles. The normalized spacial score (nSPS) is 12.6. The van der Waals surface area contributed by atoms with E-state index in [1.165, 1.54) is 22.3 Å². The van der Waals surface area contributed by atoms with E-state index in [1.54, 1.807) is 11.9 Å². The maximum absolute atomic E-state index is 12.5. The number of rotatable bonds is 17. The first kappa shape index (κ1) is 28.1. The number of fused-ring (bicyclic) bond motifs is 3. The topological polar surface area (TPSA) is 69.7 Å². The van der Waals surface area contributed by atoms with E-state index in [-0.39, 0.29) is 12.0 Å². The molecule has 198 valence electrons. The van der Waals surface area contributed by atoms with Crippen LogP contribution in [0.25, 0.3) is 11.1 Å². The molecule has 0 bridgehead atoms. The molecule has 36 heavy (non-hydrogen) atoms. The highest BCUT2D eigenvalue weighted by atomic mass is 16.6. The number of nitrogens with zero attached hydrogens (tertiary/aromatic N) is 2. The third-order valence-electron chi connectivity index (χ3n) is 6.02. The Bertz CT molecular complexity index is 877. The van der Waals surface area contributed by atoms with Gasteiger partial charge in [-0.2, -0.15) is 0 Å². The molecule has 0 radical (unpaired) electrons.